The number of ether oxygens (including phenoxy) is 10. The zero-order valence-corrected chi connectivity index (χ0v) is 43.8. The second kappa shape index (κ2) is 22.0. The van der Waals surface area contributed by atoms with Crippen LogP contribution in [0.5, 0.6) is 0 Å². The van der Waals surface area contributed by atoms with Gasteiger partial charge in [-0.1, -0.05) is 82.7 Å². The summed E-state index contributed by atoms with van der Waals surface area (Å²) in [6.45, 7) is 16.0. The number of aliphatic hydroxyl groups excluding tert-OH is 1. The fraction of sp³-hybridized carbons (Fsp3) is 0.661. The van der Waals surface area contributed by atoms with Gasteiger partial charge in [0.25, 0.3) is 11.8 Å². The fourth-order valence-electron chi connectivity index (χ4n) is 12.1. The molecule has 7 heterocycles. The number of rotatable bonds is 10. The van der Waals surface area contributed by atoms with Crippen molar-refractivity contribution in [1.82, 2.24) is 5.06 Å². The zero-order valence-electron chi connectivity index (χ0n) is 43.8. The van der Waals surface area contributed by atoms with Crippen LogP contribution >= 0.6 is 0 Å². The Hall–Kier alpha value is -3.95. The van der Waals surface area contributed by atoms with Gasteiger partial charge >= 0.3 is 5.97 Å². The van der Waals surface area contributed by atoms with Crippen LogP contribution in [0.3, 0.4) is 0 Å². The standard InChI is InChI=1S/C56H75NO16/c1-11-29(2)48-32(5)21-22-55(72-48)27-38-24-37(71-55)20-19-31(4)47(30(3)15-14-16-36-28-65-51-46(58)33(6)23-41(54(61)68-38)56(36,51)62)69-44-25-42(63-9)49(34(7)66-44)70-45-26-43(64-10)50(35(8)67-45)73-57-52(59)39-17-12-13-18-40(39)53(57)60/h12-19,21-23,29-30,32,34-35,37-38,41-51,58,62H,11,20,24-28H2,1-10H3/t29?,30-,32-,34-,35-,37+,38-,41-,42-,43-,44-,45-,46+,47-,48+,49-,50-,51+,55+,56+/m0/s1. The molecule has 0 aromatic heterocycles. The highest BCUT2D eigenvalue weighted by Crippen LogP contribution is 2.47. The van der Waals surface area contributed by atoms with E-state index in [9.17, 15) is 24.6 Å². The Morgan fingerprint density at radius 2 is 1.49 bits per heavy atom. The normalized spacial score (nSPS) is 42.5. The number of carbonyl (C=O) groups excluding carboxylic acids is 3. The Labute approximate surface area is 428 Å². The Balaban J connectivity index is 0.938. The van der Waals surface area contributed by atoms with Crippen molar-refractivity contribution in [3.63, 3.8) is 0 Å². The molecule has 0 radical (unpaired) electrons. The van der Waals surface area contributed by atoms with E-state index in [2.05, 4.69) is 32.9 Å². The number of allylic oxidation sites excluding steroid dienone is 2. The molecule has 17 heteroatoms. The predicted octanol–water partition coefficient (Wildman–Crippen LogP) is 6.61. The van der Waals surface area contributed by atoms with Gasteiger partial charge in [-0.05, 0) is 75.0 Å². The third-order valence-corrected chi connectivity index (χ3v) is 16.5. The van der Waals surface area contributed by atoms with Gasteiger partial charge in [0, 0.05) is 51.7 Å². The Morgan fingerprint density at radius 3 is 2.16 bits per heavy atom. The van der Waals surface area contributed by atoms with Gasteiger partial charge in [0.05, 0.1) is 60.5 Å². The van der Waals surface area contributed by atoms with Crippen LogP contribution in [0.4, 0.5) is 0 Å². The highest BCUT2D eigenvalue weighted by Gasteiger charge is 2.60. The third kappa shape index (κ3) is 10.5. The number of nitrogens with zero attached hydrogens (tertiary/aromatic N) is 1. The monoisotopic (exact) mass is 1020 g/mol. The SMILES string of the molecule is CCC(C)[C@H]1O[C@]2(C=C[C@@H]1C)C[C@@H]1C[C@@H](CC=C(C)[C@@H](O[C@H]3C[C@H](OC)[C@@H](O[C@H]4C[C@H](OC)[C@@H](ON5C(=O)c6ccccc6C5=O)[C@H](C)O4)[C@H](C)O3)[C@@H](C)C=CC=C3CO[C@@H]4[C@H](O)C(C)=C[C@@H](C(=O)O1)[C@]34O)O2. The fourth-order valence-corrected chi connectivity index (χ4v) is 12.1. The highest BCUT2D eigenvalue weighted by atomic mass is 16.8. The number of carbonyl (C=O) groups is 3. The molecule has 9 rings (SSSR count). The quantitative estimate of drug-likeness (QED) is 0.144. The molecule has 1 aromatic rings. The van der Waals surface area contributed by atoms with E-state index in [-0.39, 0.29) is 54.4 Å². The third-order valence-electron chi connectivity index (χ3n) is 16.5. The van der Waals surface area contributed by atoms with Gasteiger partial charge < -0.3 is 57.6 Å². The number of fused-ring (bicyclic) bond motifs is 3. The van der Waals surface area contributed by atoms with Gasteiger partial charge in [0.2, 0.25) is 0 Å². The van der Waals surface area contributed by atoms with Gasteiger partial charge in [-0.3, -0.25) is 19.2 Å². The molecule has 8 aliphatic rings. The number of benzene rings is 1. The molecule has 17 nitrogen and oxygen atoms in total. The van der Waals surface area contributed by atoms with Crippen molar-refractivity contribution in [1.29, 1.82) is 0 Å². The van der Waals surface area contributed by atoms with E-state index in [0.29, 0.717) is 30.4 Å². The van der Waals surface area contributed by atoms with Crippen molar-refractivity contribution < 1.29 is 76.8 Å². The van der Waals surface area contributed by atoms with Crippen molar-refractivity contribution >= 4 is 17.8 Å². The molecule has 4 saturated heterocycles. The molecule has 2 N–H and O–H groups in total. The lowest BCUT2D eigenvalue weighted by atomic mass is 9.71. The molecule has 4 fully saturated rings. The maximum Gasteiger partial charge on any atom is 0.316 e. The smallest absolute Gasteiger partial charge is 0.316 e. The van der Waals surface area contributed by atoms with Gasteiger partial charge in [-0.15, -0.1) is 5.06 Å². The lowest BCUT2D eigenvalue weighted by molar-refractivity contribution is -0.329. The van der Waals surface area contributed by atoms with Crippen LogP contribution in [0.15, 0.2) is 83.5 Å². The van der Waals surface area contributed by atoms with E-state index in [1.165, 1.54) is 7.11 Å². The molecule has 1 unspecified atom stereocenters. The van der Waals surface area contributed by atoms with E-state index >= 15 is 0 Å². The average Bonchev–Trinajstić information content (AvgIpc) is 3.83. The van der Waals surface area contributed by atoms with E-state index in [0.717, 1.165) is 17.1 Å². The molecule has 0 saturated carbocycles. The van der Waals surface area contributed by atoms with Gasteiger partial charge in [0.15, 0.2) is 18.4 Å². The number of hydrogen-bond acceptors (Lipinski definition) is 16. The maximum absolute atomic E-state index is 14.4. The van der Waals surface area contributed by atoms with Crippen molar-refractivity contribution in [2.75, 3.05) is 20.8 Å². The van der Waals surface area contributed by atoms with Crippen LogP contribution in [0.2, 0.25) is 0 Å². The summed E-state index contributed by atoms with van der Waals surface area (Å²) in [7, 11) is 3.16. The largest absolute Gasteiger partial charge is 0.462 e. The zero-order chi connectivity index (χ0) is 52.1. The first-order valence-corrected chi connectivity index (χ1v) is 26.2. The Bertz CT molecular complexity index is 2330. The Morgan fingerprint density at radius 1 is 0.836 bits per heavy atom. The lowest BCUT2D eigenvalue weighted by Gasteiger charge is -2.48. The maximum atomic E-state index is 14.4. The molecule has 400 valence electrons. The molecule has 1 aliphatic carbocycles. The predicted molar refractivity (Wildman–Crippen MR) is 263 cm³/mol. The minimum absolute atomic E-state index is 0.00753. The number of methoxy groups -OCH3 is 2. The van der Waals surface area contributed by atoms with Crippen molar-refractivity contribution in [2.24, 2.45) is 23.7 Å². The van der Waals surface area contributed by atoms with E-state index in [1.54, 1.807) is 57.4 Å². The van der Waals surface area contributed by atoms with E-state index < -0.39 is 115 Å². The second-order valence-corrected chi connectivity index (χ2v) is 21.5. The van der Waals surface area contributed by atoms with Crippen molar-refractivity contribution in [3.8, 4) is 0 Å². The molecule has 7 aliphatic heterocycles. The molecule has 1 aromatic carbocycles. The van der Waals surface area contributed by atoms with Crippen molar-refractivity contribution in [3.05, 3.63) is 94.6 Å². The lowest BCUT2D eigenvalue weighted by Crippen LogP contribution is -2.58. The van der Waals surface area contributed by atoms with Crippen LogP contribution in [-0.4, -0.2) is 151 Å². The summed E-state index contributed by atoms with van der Waals surface area (Å²) in [5.74, 6) is -3.81. The summed E-state index contributed by atoms with van der Waals surface area (Å²) in [6.07, 6.45) is 7.08. The van der Waals surface area contributed by atoms with E-state index in [4.69, 9.17) is 52.2 Å². The minimum atomic E-state index is -1.87. The van der Waals surface area contributed by atoms with Crippen molar-refractivity contribution in [2.45, 2.75) is 191 Å². The number of imide groups is 1. The summed E-state index contributed by atoms with van der Waals surface area (Å²) in [6, 6.07) is 6.59. The Kier molecular flexibility index (Phi) is 16.2. The average molecular weight is 1020 g/mol. The van der Waals surface area contributed by atoms with E-state index in [1.807, 2.05) is 39.0 Å². The molecule has 1 spiro atoms. The van der Waals surface area contributed by atoms with Crippen LogP contribution in [0.1, 0.15) is 115 Å². The summed E-state index contributed by atoms with van der Waals surface area (Å²) in [5, 5.41) is 24.7. The molecule has 73 heavy (non-hydrogen) atoms. The number of amides is 2. The van der Waals surface area contributed by atoms with Crippen LogP contribution in [0, 0.1) is 23.7 Å². The number of esters is 1. The first kappa shape index (κ1) is 53.9. The first-order valence-electron chi connectivity index (χ1n) is 26.2. The summed E-state index contributed by atoms with van der Waals surface area (Å²) in [5.41, 5.74) is 0.582. The van der Waals surface area contributed by atoms with Crippen LogP contribution in [0.25, 0.3) is 0 Å². The van der Waals surface area contributed by atoms with Crippen LogP contribution in [-0.2, 0) is 57.0 Å². The summed E-state index contributed by atoms with van der Waals surface area (Å²) in [4.78, 5) is 46.8. The number of hydroxylamine groups is 2. The van der Waals surface area contributed by atoms with Crippen LogP contribution < -0.4 is 0 Å². The summed E-state index contributed by atoms with van der Waals surface area (Å²) < 4.78 is 64.8. The molecular weight excluding hydrogens is 943 g/mol. The molecule has 20 atom stereocenters. The van der Waals surface area contributed by atoms with Gasteiger partial charge in [0.1, 0.15) is 42.0 Å². The first-order chi connectivity index (χ1) is 34.9. The summed E-state index contributed by atoms with van der Waals surface area (Å²) >= 11 is 0. The number of aliphatic hydroxyl groups is 2. The second-order valence-electron chi connectivity index (χ2n) is 21.5. The number of hydrogen-bond donors (Lipinski definition) is 2. The molecule has 2 bridgehead atoms. The highest BCUT2D eigenvalue weighted by molar-refractivity contribution is 6.20. The molecule has 2 amide bonds. The minimum Gasteiger partial charge on any atom is -0.462 e. The topological polar surface area (TPSA) is 196 Å². The van der Waals surface area contributed by atoms with Gasteiger partial charge in [-0.25, -0.2) is 0 Å². The molecular formula is C56H75NO16. The van der Waals surface area contributed by atoms with Gasteiger partial charge in [-0.2, -0.15) is 0 Å².